The molecule has 0 aliphatic carbocycles. The van der Waals surface area contributed by atoms with E-state index in [-0.39, 0.29) is 0 Å². The number of nitrogens with zero attached hydrogens (tertiary/aromatic N) is 2. The molecule has 0 unspecified atom stereocenters. The summed E-state index contributed by atoms with van der Waals surface area (Å²) >= 11 is 8.01. The number of fused-ring (bicyclic) bond motifs is 1. The first-order valence-electron chi connectivity index (χ1n) is 10.1. The van der Waals surface area contributed by atoms with Gasteiger partial charge in [-0.3, -0.25) is 0 Å². The Kier molecular flexibility index (Phi) is 9.14. The van der Waals surface area contributed by atoms with Crippen LogP contribution in [0, 0.1) is 0 Å². The Morgan fingerprint density at radius 2 is 1.86 bits per heavy atom. The lowest BCUT2D eigenvalue weighted by Gasteiger charge is -2.11. The maximum Gasteiger partial charge on any atom is 0.139 e. The molecule has 0 spiro atoms. The van der Waals surface area contributed by atoms with Crippen LogP contribution in [-0.4, -0.2) is 24.1 Å². The van der Waals surface area contributed by atoms with Crippen LogP contribution in [0.5, 0.6) is 5.75 Å². The molecule has 0 radical (unpaired) electrons. The van der Waals surface area contributed by atoms with Crippen molar-refractivity contribution in [1.82, 2.24) is 15.3 Å². The monoisotopic (exact) mass is 434 g/mol. The van der Waals surface area contributed by atoms with Crippen molar-refractivity contribution in [2.45, 2.75) is 53.6 Å². The summed E-state index contributed by atoms with van der Waals surface area (Å²) in [5.41, 5.74) is 2.40. The van der Waals surface area contributed by atoms with Crippen LogP contribution in [0.2, 0.25) is 5.02 Å². The van der Waals surface area contributed by atoms with Gasteiger partial charge in [-0.1, -0.05) is 45.4 Å². The lowest BCUT2D eigenvalue weighted by atomic mass is 10.1. The topological polar surface area (TPSA) is 59.1 Å². The van der Waals surface area contributed by atoms with E-state index >= 15 is 0 Å². The standard InChI is InChI=1S/C20H25ClN4OS.C2H6/c1-5-13-16(11-22-3)27-20-18(13)19(24-17(6-2)25-20)23-10-12-7-8-15(26-4)14(21)9-12;1-2/h7-9,22H,5-6,10-11H2,1-4H3,(H,23,24,25);1-2H3. The van der Waals surface area contributed by atoms with Gasteiger partial charge in [0.15, 0.2) is 0 Å². The predicted molar refractivity (Wildman–Crippen MR) is 126 cm³/mol. The predicted octanol–water partition coefficient (Wildman–Crippen LogP) is 5.84. The van der Waals surface area contributed by atoms with E-state index in [1.165, 1.54) is 10.4 Å². The third kappa shape index (κ3) is 5.38. The molecule has 0 saturated carbocycles. The maximum atomic E-state index is 6.26. The Balaban J connectivity index is 0.00000145. The molecule has 2 heterocycles. The molecule has 3 rings (SSSR count). The molecule has 0 fully saturated rings. The first-order valence-corrected chi connectivity index (χ1v) is 11.3. The zero-order valence-electron chi connectivity index (χ0n) is 18.1. The molecule has 0 aliphatic rings. The summed E-state index contributed by atoms with van der Waals surface area (Å²) in [4.78, 5) is 11.9. The zero-order valence-corrected chi connectivity index (χ0v) is 19.7. The molecule has 0 aliphatic heterocycles. The van der Waals surface area contributed by atoms with E-state index in [4.69, 9.17) is 26.3 Å². The van der Waals surface area contributed by atoms with Crippen LogP contribution in [0.3, 0.4) is 0 Å². The number of aryl methyl sites for hydroxylation is 2. The summed E-state index contributed by atoms with van der Waals surface area (Å²) in [6.45, 7) is 9.75. The fourth-order valence-corrected chi connectivity index (χ4v) is 4.69. The molecular weight excluding hydrogens is 404 g/mol. The van der Waals surface area contributed by atoms with Crippen LogP contribution in [0.15, 0.2) is 18.2 Å². The number of halogens is 1. The molecule has 29 heavy (non-hydrogen) atoms. The average molecular weight is 435 g/mol. The Labute approximate surface area is 182 Å². The second-order valence-corrected chi connectivity index (χ2v) is 7.72. The molecule has 0 bridgehead atoms. The van der Waals surface area contributed by atoms with E-state index in [9.17, 15) is 0 Å². The lowest BCUT2D eigenvalue weighted by molar-refractivity contribution is 0.415. The quantitative estimate of drug-likeness (QED) is 0.466. The van der Waals surface area contributed by atoms with Gasteiger partial charge in [-0.2, -0.15) is 0 Å². The van der Waals surface area contributed by atoms with Crippen molar-refractivity contribution >= 4 is 39.0 Å². The summed E-state index contributed by atoms with van der Waals surface area (Å²) < 4.78 is 5.23. The summed E-state index contributed by atoms with van der Waals surface area (Å²) in [5, 5.41) is 8.52. The first kappa shape index (κ1) is 23.4. The molecule has 2 N–H and O–H groups in total. The second kappa shape index (κ2) is 11.3. The summed E-state index contributed by atoms with van der Waals surface area (Å²) in [7, 11) is 3.59. The van der Waals surface area contributed by atoms with E-state index in [0.29, 0.717) is 17.3 Å². The third-order valence-electron chi connectivity index (χ3n) is 4.46. The SMILES string of the molecule is CC.CCc1nc(NCc2ccc(OC)c(Cl)c2)c2c(CC)c(CNC)sc2n1. The number of hydrogen-bond donors (Lipinski definition) is 2. The van der Waals surface area contributed by atoms with Crippen molar-refractivity contribution < 1.29 is 4.74 Å². The molecule has 158 valence electrons. The number of aromatic nitrogens is 2. The van der Waals surface area contributed by atoms with Gasteiger partial charge in [-0.25, -0.2) is 9.97 Å². The van der Waals surface area contributed by atoms with Crippen molar-refractivity contribution in [2.24, 2.45) is 0 Å². The highest BCUT2D eigenvalue weighted by molar-refractivity contribution is 7.18. The number of ether oxygens (including phenoxy) is 1. The highest BCUT2D eigenvalue weighted by atomic mass is 35.5. The van der Waals surface area contributed by atoms with Crippen molar-refractivity contribution in [3.8, 4) is 5.75 Å². The van der Waals surface area contributed by atoms with Crippen LogP contribution in [0.4, 0.5) is 5.82 Å². The lowest BCUT2D eigenvalue weighted by Crippen LogP contribution is -2.07. The first-order chi connectivity index (χ1) is 14.1. The Morgan fingerprint density at radius 3 is 2.45 bits per heavy atom. The Bertz CT molecular complexity index is 942. The number of nitrogens with one attached hydrogen (secondary N) is 2. The molecule has 7 heteroatoms. The molecule has 1 aromatic carbocycles. The minimum absolute atomic E-state index is 0.611. The minimum atomic E-state index is 0.611. The van der Waals surface area contributed by atoms with Crippen LogP contribution in [0.1, 0.15) is 49.5 Å². The van der Waals surface area contributed by atoms with Gasteiger partial charge < -0.3 is 15.4 Å². The van der Waals surface area contributed by atoms with Crippen LogP contribution in [0.25, 0.3) is 10.2 Å². The van der Waals surface area contributed by atoms with Crippen LogP contribution >= 0.6 is 22.9 Å². The van der Waals surface area contributed by atoms with Crippen molar-refractivity contribution in [2.75, 3.05) is 19.5 Å². The number of rotatable bonds is 8. The fourth-order valence-electron chi connectivity index (χ4n) is 3.12. The van der Waals surface area contributed by atoms with Crippen LogP contribution in [-0.2, 0) is 25.9 Å². The number of anilines is 1. The Hall–Kier alpha value is -1.89. The molecule has 0 saturated heterocycles. The smallest absolute Gasteiger partial charge is 0.139 e. The maximum absolute atomic E-state index is 6.26. The van der Waals surface area contributed by atoms with Crippen molar-refractivity contribution in [3.05, 3.63) is 45.1 Å². The van der Waals surface area contributed by atoms with Gasteiger partial charge in [0.2, 0.25) is 0 Å². The third-order valence-corrected chi connectivity index (χ3v) is 5.88. The van der Waals surface area contributed by atoms with Gasteiger partial charge in [0, 0.05) is 24.4 Å². The van der Waals surface area contributed by atoms with Gasteiger partial charge in [-0.05, 0) is 36.7 Å². The summed E-state index contributed by atoms with van der Waals surface area (Å²) in [5.74, 6) is 2.44. The minimum Gasteiger partial charge on any atom is -0.495 e. The molecule has 0 amide bonds. The van der Waals surface area contributed by atoms with Crippen LogP contribution < -0.4 is 15.4 Å². The Morgan fingerprint density at radius 1 is 1.10 bits per heavy atom. The van der Waals surface area contributed by atoms with Crippen molar-refractivity contribution in [1.29, 1.82) is 0 Å². The van der Waals surface area contributed by atoms with E-state index in [1.807, 2.05) is 39.1 Å². The fraction of sp³-hybridized carbons (Fsp3) is 0.455. The van der Waals surface area contributed by atoms with E-state index in [0.717, 1.165) is 46.8 Å². The summed E-state index contributed by atoms with van der Waals surface area (Å²) in [6.07, 6.45) is 1.76. The molecule has 0 atom stereocenters. The average Bonchev–Trinajstić information content (AvgIpc) is 3.10. The van der Waals surface area contributed by atoms with E-state index < -0.39 is 0 Å². The van der Waals surface area contributed by atoms with E-state index in [2.05, 4.69) is 24.5 Å². The molecule has 3 aromatic rings. The second-order valence-electron chi connectivity index (χ2n) is 6.23. The molecule has 5 nitrogen and oxygen atoms in total. The normalized spacial score (nSPS) is 10.6. The van der Waals surface area contributed by atoms with Gasteiger partial charge in [0.05, 0.1) is 17.5 Å². The zero-order chi connectivity index (χ0) is 21.4. The largest absolute Gasteiger partial charge is 0.495 e. The summed E-state index contributed by atoms with van der Waals surface area (Å²) in [6, 6.07) is 5.82. The number of hydrogen-bond acceptors (Lipinski definition) is 6. The van der Waals surface area contributed by atoms with Gasteiger partial charge >= 0.3 is 0 Å². The number of thiophene rings is 1. The van der Waals surface area contributed by atoms with Gasteiger partial charge in [-0.15, -0.1) is 11.3 Å². The van der Waals surface area contributed by atoms with Gasteiger partial charge in [0.25, 0.3) is 0 Å². The highest BCUT2D eigenvalue weighted by Crippen LogP contribution is 2.35. The van der Waals surface area contributed by atoms with Gasteiger partial charge in [0.1, 0.15) is 22.2 Å². The molecule has 2 aromatic heterocycles. The number of methoxy groups -OCH3 is 1. The molecular formula is C22H31ClN4OS. The highest BCUT2D eigenvalue weighted by Gasteiger charge is 2.17. The van der Waals surface area contributed by atoms with E-state index in [1.54, 1.807) is 18.4 Å². The number of benzene rings is 1. The van der Waals surface area contributed by atoms with Crippen molar-refractivity contribution in [3.63, 3.8) is 0 Å².